The summed E-state index contributed by atoms with van der Waals surface area (Å²) in [5.41, 5.74) is 5.76. The summed E-state index contributed by atoms with van der Waals surface area (Å²) in [5.74, 6) is -1.30. The van der Waals surface area contributed by atoms with Gasteiger partial charge in [0.2, 0.25) is 0 Å². The minimum absolute atomic E-state index is 0.273. The predicted molar refractivity (Wildman–Crippen MR) is 65.5 cm³/mol. The van der Waals surface area contributed by atoms with Crippen molar-refractivity contribution in [1.29, 1.82) is 0 Å². The maximum absolute atomic E-state index is 13.4. The Kier molecular flexibility index (Phi) is 4.60. The fourth-order valence-electron chi connectivity index (χ4n) is 1.49. The lowest BCUT2D eigenvalue weighted by Crippen LogP contribution is -2.52. The van der Waals surface area contributed by atoms with Crippen molar-refractivity contribution in [2.75, 3.05) is 6.54 Å². The van der Waals surface area contributed by atoms with Crippen LogP contribution >= 0.6 is 0 Å². The Bertz CT molecular complexity index is 380. The summed E-state index contributed by atoms with van der Waals surface area (Å²) in [6.45, 7) is 6.79. The van der Waals surface area contributed by atoms with Crippen LogP contribution in [-0.2, 0) is 6.54 Å². The highest BCUT2D eigenvalue weighted by atomic mass is 19.2. The van der Waals surface area contributed by atoms with Crippen LogP contribution in [-0.4, -0.2) is 12.1 Å². The van der Waals surface area contributed by atoms with Gasteiger partial charge in [0.25, 0.3) is 0 Å². The second kappa shape index (κ2) is 5.56. The largest absolute Gasteiger partial charge is 0.329 e. The lowest BCUT2D eigenvalue weighted by Gasteiger charge is -2.34. The van der Waals surface area contributed by atoms with Crippen LogP contribution in [0.25, 0.3) is 0 Å². The molecule has 1 aromatic rings. The molecule has 17 heavy (non-hydrogen) atoms. The average Bonchev–Trinajstić information content (AvgIpc) is 2.30. The normalized spacial score (nSPS) is 15.0. The van der Waals surface area contributed by atoms with Crippen molar-refractivity contribution in [2.45, 2.75) is 32.9 Å². The quantitative estimate of drug-likeness (QED) is 0.832. The first-order valence-electron chi connectivity index (χ1n) is 5.78. The molecule has 0 amide bonds. The van der Waals surface area contributed by atoms with Crippen molar-refractivity contribution in [2.24, 2.45) is 11.7 Å². The van der Waals surface area contributed by atoms with Crippen molar-refractivity contribution in [3.8, 4) is 0 Å². The molecule has 1 unspecified atom stereocenters. The van der Waals surface area contributed by atoms with Crippen LogP contribution in [0.5, 0.6) is 0 Å². The van der Waals surface area contributed by atoms with Gasteiger partial charge in [0.15, 0.2) is 11.6 Å². The Morgan fingerprint density at radius 2 is 2.00 bits per heavy atom. The molecule has 1 rings (SSSR count). The maximum atomic E-state index is 13.4. The monoisotopic (exact) mass is 242 g/mol. The highest BCUT2D eigenvalue weighted by molar-refractivity contribution is 5.19. The van der Waals surface area contributed by atoms with Crippen LogP contribution < -0.4 is 11.1 Å². The second-order valence-electron chi connectivity index (χ2n) is 4.84. The van der Waals surface area contributed by atoms with Gasteiger partial charge in [-0.25, -0.2) is 8.78 Å². The molecule has 0 aromatic heterocycles. The van der Waals surface area contributed by atoms with Crippen LogP contribution in [0.2, 0.25) is 0 Å². The van der Waals surface area contributed by atoms with Crippen molar-refractivity contribution in [3.63, 3.8) is 0 Å². The highest BCUT2D eigenvalue weighted by Crippen LogP contribution is 2.17. The molecule has 0 aliphatic rings. The van der Waals surface area contributed by atoms with Gasteiger partial charge in [-0.05, 0) is 18.9 Å². The molecule has 96 valence electrons. The van der Waals surface area contributed by atoms with Crippen molar-refractivity contribution in [3.05, 3.63) is 35.4 Å². The van der Waals surface area contributed by atoms with E-state index in [0.29, 0.717) is 18.0 Å². The number of nitrogens with one attached hydrogen (secondary N) is 1. The van der Waals surface area contributed by atoms with Gasteiger partial charge < -0.3 is 11.1 Å². The lowest BCUT2D eigenvalue weighted by molar-refractivity contribution is 0.265. The maximum Gasteiger partial charge on any atom is 0.163 e. The molecule has 1 atom stereocenters. The molecule has 4 heteroatoms. The third kappa shape index (κ3) is 3.23. The molecule has 0 saturated heterocycles. The average molecular weight is 242 g/mol. The zero-order valence-corrected chi connectivity index (χ0v) is 10.6. The number of hydrogen-bond acceptors (Lipinski definition) is 2. The SMILES string of the molecule is CC(C)C(C)(CN)NCc1cccc(F)c1F. The summed E-state index contributed by atoms with van der Waals surface area (Å²) in [5, 5.41) is 3.20. The van der Waals surface area contributed by atoms with E-state index >= 15 is 0 Å². The van der Waals surface area contributed by atoms with E-state index in [0.717, 1.165) is 6.07 Å². The molecule has 0 fully saturated rings. The summed E-state index contributed by atoms with van der Waals surface area (Å²) < 4.78 is 26.4. The summed E-state index contributed by atoms with van der Waals surface area (Å²) in [4.78, 5) is 0. The van der Waals surface area contributed by atoms with Gasteiger partial charge in [-0.15, -0.1) is 0 Å². The topological polar surface area (TPSA) is 38.0 Å². The van der Waals surface area contributed by atoms with E-state index in [-0.39, 0.29) is 12.1 Å². The fraction of sp³-hybridized carbons (Fsp3) is 0.538. The van der Waals surface area contributed by atoms with Crippen molar-refractivity contribution in [1.82, 2.24) is 5.32 Å². The zero-order valence-electron chi connectivity index (χ0n) is 10.6. The minimum Gasteiger partial charge on any atom is -0.329 e. The van der Waals surface area contributed by atoms with E-state index < -0.39 is 11.6 Å². The molecule has 3 N–H and O–H groups in total. The molecule has 0 heterocycles. The fourth-order valence-corrected chi connectivity index (χ4v) is 1.49. The molecular weight excluding hydrogens is 222 g/mol. The van der Waals surface area contributed by atoms with Gasteiger partial charge in [-0.2, -0.15) is 0 Å². The third-order valence-corrected chi connectivity index (χ3v) is 3.41. The molecule has 0 bridgehead atoms. The van der Waals surface area contributed by atoms with Crippen LogP contribution in [0.3, 0.4) is 0 Å². The Hall–Kier alpha value is -1.00. The summed E-state index contributed by atoms with van der Waals surface area (Å²) in [7, 11) is 0. The van der Waals surface area contributed by atoms with Gasteiger partial charge in [-0.1, -0.05) is 26.0 Å². The first-order valence-corrected chi connectivity index (χ1v) is 5.78. The molecule has 1 aromatic carbocycles. The number of rotatable bonds is 5. The molecule has 0 aliphatic heterocycles. The predicted octanol–water partition coefficient (Wildman–Crippen LogP) is 2.43. The molecule has 0 radical (unpaired) electrons. The summed E-state index contributed by atoms with van der Waals surface area (Å²) in [6, 6.07) is 4.19. The third-order valence-electron chi connectivity index (χ3n) is 3.41. The van der Waals surface area contributed by atoms with Crippen LogP contribution in [0.4, 0.5) is 8.78 Å². The smallest absolute Gasteiger partial charge is 0.163 e. The lowest BCUT2D eigenvalue weighted by atomic mass is 9.88. The highest BCUT2D eigenvalue weighted by Gasteiger charge is 2.26. The molecule has 0 aliphatic carbocycles. The van der Waals surface area contributed by atoms with Crippen LogP contribution in [0.1, 0.15) is 26.3 Å². The first-order chi connectivity index (χ1) is 7.90. The molecule has 2 nitrogen and oxygen atoms in total. The van der Waals surface area contributed by atoms with E-state index in [2.05, 4.69) is 5.32 Å². The van der Waals surface area contributed by atoms with Crippen molar-refractivity contribution >= 4 is 0 Å². The standard InChI is InChI=1S/C13H20F2N2/c1-9(2)13(3,8-16)17-7-10-5-4-6-11(14)12(10)15/h4-6,9,17H,7-8,16H2,1-3H3. The van der Waals surface area contributed by atoms with E-state index in [1.807, 2.05) is 20.8 Å². The van der Waals surface area contributed by atoms with E-state index in [4.69, 9.17) is 5.73 Å². The Morgan fingerprint density at radius 1 is 1.35 bits per heavy atom. The minimum atomic E-state index is -0.816. The van der Waals surface area contributed by atoms with E-state index in [1.165, 1.54) is 6.07 Å². The molecule has 0 spiro atoms. The first kappa shape index (κ1) is 14.1. The summed E-state index contributed by atoms with van der Waals surface area (Å²) in [6.07, 6.45) is 0. The van der Waals surface area contributed by atoms with Crippen molar-refractivity contribution < 1.29 is 8.78 Å². The number of hydrogen-bond donors (Lipinski definition) is 2. The second-order valence-corrected chi connectivity index (χ2v) is 4.84. The number of benzene rings is 1. The number of halogens is 2. The Labute approximate surface area is 101 Å². The van der Waals surface area contributed by atoms with Gasteiger partial charge in [-0.3, -0.25) is 0 Å². The van der Waals surface area contributed by atoms with Gasteiger partial charge in [0, 0.05) is 24.2 Å². The Balaban J connectivity index is 2.76. The van der Waals surface area contributed by atoms with Crippen LogP contribution in [0, 0.1) is 17.6 Å². The molecular formula is C13H20F2N2. The number of nitrogens with two attached hydrogens (primary N) is 1. The molecule has 0 saturated carbocycles. The van der Waals surface area contributed by atoms with Gasteiger partial charge in [0.1, 0.15) is 0 Å². The Morgan fingerprint density at radius 3 is 2.53 bits per heavy atom. The van der Waals surface area contributed by atoms with Crippen LogP contribution in [0.15, 0.2) is 18.2 Å². The van der Waals surface area contributed by atoms with E-state index in [9.17, 15) is 8.78 Å². The zero-order chi connectivity index (χ0) is 13.1. The van der Waals surface area contributed by atoms with Gasteiger partial charge in [0.05, 0.1) is 0 Å². The van der Waals surface area contributed by atoms with Gasteiger partial charge >= 0.3 is 0 Å². The summed E-state index contributed by atoms with van der Waals surface area (Å²) >= 11 is 0. The van der Waals surface area contributed by atoms with E-state index in [1.54, 1.807) is 6.07 Å².